The Morgan fingerprint density at radius 2 is 2.06 bits per heavy atom. The Bertz CT molecular complexity index is 519. The first kappa shape index (κ1) is 12.8. The van der Waals surface area contributed by atoms with Gasteiger partial charge in [0.05, 0.1) is 0 Å². The fourth-order valence-corrected chi connectivity index (χ4v) is 3.13. The first-order chi connectivity index (χ1) is 8.11. The average molecular weight is 311 g/mol. The molecule has 0 amide bonds. The lowest BCUT2D eigenvalue weighted by Gasteiger charge is -2.12. The van der Waals surface area contributed by atoms with Crippen LogP contribution in [0, 0.1) is 6.92 Å². The van der Waals surface area contributed by atoms with Crippen molar-refractivity contribution >= 4 is 27.3 Å². The van der Waals surface area contributed by atoms with Crippen molar-refractivity contribution in [1.82, 2.24) is 0 Å². The molecule has 0 aliphatic rings. The van der Waals surface area contributed by atoms with Gasteiger partial charge in [-0.3, -0.25) is 0 Å². The molecule has 0 saturated heterocycles. The molecule has 90 valence electrons. The Morgan fingerprint density at radius 3 is 2.71 bits per heavy atom. The molecule has 17 heavy (non-hydrogen) atoms. The summed E-state index contributed by atoms with van der Waals surface area (Å²) in [6.07, 6.45) is 0.507. The first-order valence-electron chi connectivity index (χ1n) is 5.64. The van der Waals surface area contributed by atoms with Crippen molar-refractivity contribution in [1.29, 1.82) is 0 Å². The average Bonchev–Trinajstić information content (AvgIpc) is 2.80. The Balaban J connectivity index is 2.35. The molecule has 0 fully saturated rings. The molecular weight excluding hydrogens is 296 g/mol. The predicted molar refractivity (Wildman–Crippen MR) is 76.6 cm³/mol. The van der Waals surface area contributed by atoms with E-state index in [0.717, 1.165) is 26.9 Å². The van der Waals surface area contributed by atoms with Gasteiger partial charge in [-0.2, -0.15) is 0 Å². The molecule has 1 unspecified atom stereocenters. The zero-order valence-electron chi connectivity index (χ0n) is 9.90. The molecule has 0 bridgehead atoms. The maximum Gasteiger partial charge on any atom is 0.113 e. The number of hydrogen-bond donors (Lipinski definition) is 1. The van der Waals surface area contributed by atoms with Gasteiger partial charge in [-0.25, -0.2) is 0 Å². The van der Waals surface area contributed by atoms with Crippen LogP contribution in [0.4, 0.5) is 0 Å². The van der Waals surface area contributed by atoms with Gasteiger partial charge in [0.15, 0.2) is 0 Å². The maximum absolute atomic E-state index is 10.4. The molecule has 1 N–H and O–H groups in total. The van der Waals surface area contributed by atoms with E-state index < -0.39 is 6.10 Å². The third-order valence-corrected chi connectivity index (χ3v) is 4.61. The zero-order valence-corrected chi connectivity index (χ0v) is 12.3. The number of aliphatic hydroxyl groups is 1. The van der Waals surface area contributed by atoms with Crippen LogP contribution in [0.3, 0.4) is 0 Å². The lowest BCUT2D eigenvalue weighted by atomic mass is 10.0. The lowest BCUT2D eigenvalue weighted by Crippen LogP contribution is -1.99. The highest BCUT2D eigenvalue weighted by molar-refractivity contribution is 9.10. The van der Waals surface area contributed by atoms with Crippen molar-refractivity contribution in [2.75, 3.05) is 0 Å². The second-order valence-corrected chi connectivity index (χ2v) is 6.18. The normalized spacial score (nSPS) is 12.7. The van der Waals surface area contributed by atoms with E-state index in [1.165, 1.54) is 4.88 Å². The molecule has 1 aromatic heterocycles. The Kier molecular flexibility index (Phi) is 4.02. The van der Waals surface area contributed by atoms with Crippen LogP contribution >= 0.6 is 27.3 Å². The van der Waals surface area contributed by atoms with E-state index in [9.17, 15) is 5.11 Å². The van der Waals surface area contributed by atoms with Gasteiger partial charge in [0.2, 0.25) is 0 Å². The molecule has 0 aliphatic heterocycles. The molecule has 2 rings (SSSR count). The van der Waals surface area contributed by atoms with Gasteiger partial charge in [-0.1, -0.05) is 28.9 Å². The van der Waals surface area contributed by atoms with E-state index in [1.807, 2.05) is 31.2 Å². The molecule has 1 heterocycles. The highest BCUT2D eigenvalue weighted by Crippen LogP contribution is 2.31. The fraction of sp³-hybridized carbons (Fsp3) is 0.286. The standard InChI is InChI=1S/C14H15BrOS/c1-3-11-6-7-13(17-11)14(16)12-8-10(15)5-4-9(12)2/h4-8,14,16H,3H2,1-2H3. The van der Waals surface area contributed by atoms with Crippen LogP contribution in [0.1, 0.15) is 33.9 Å². The number of aliphatic hydroxyl groups excluding tert-OH is 1. The van der Waals surface area contributed by atoms with E-state index in [0.29, 0.717) is 0 Å². The van der Waals surface area contributed by atoms with Crippen molar-refractivity contribution in [3.8, 4) is 0 Å². The molecule has 0 spiro atoms. The van der Waals surface area contributed by atoms with E-state index in [2.05, 4.69) is 28.9 Å². The largest absolute Gasteiger partial charge is 0.383 e. The van der Waals surface area contributed by atoms with Crippen LogP contribution in [0.2, 0.25) is 0 Å². The SMILES string of the molecule is CCc1ccc(C(O)c2cc(Br)ccc2C)s1. The topological polar surface area (TPSA) is 20.2 Å². The minimum Gasteiger partial charge on any atom is -0.383 e. The first-order valence-corrected chi connectivity index (χ1v) is 7.25. The summed E-state index contributed by atoms with van der Waals surface area (Å²) in [6.45, 7) is 4.16. The summed E-state index contributed by atoms with van der Waals surface area (Å²) in [6, 6.07) is 10.1. The van der Waals surface area contributed by atoms with Gasteiger partial charge in [0.25, 0.3) is 0 Å². The lowest BCUT2D eigenvalue weighted by molar-refractivity contribution is 0.223. The number of thiophene rings is 1. The third-order valence-electron chi connectivity index (χ3n) is 2.84. The second kappa shape index (κ2) is 5.34. The summed E-state index contributed by atoms with van der Waals surface area (Å²) >= 11 is 5.13. The highest BCUT2D eigenvalue weighted by atomic mass is 79.9. The minimum absolute atomic E-state index is 0.516. The number of benzene rings is 1. The van der Waals surface area contributed by atoms with Gasteiger partial charge in [-0.15, -0.1) is 11.3 Å². The highest BCUT2D eigenvalue weighted by Gasteiger charge is 2.15. The van der Waals surface area contributed by atoms with E-state index in [1.54, 1.807) is 11.3 Å². The summed E-state index contributed by atoms with van der Waals surface area (Å²) < 4.78 is 1.00. The smallest absolute Gasteiger partial charge is 0.113 e. The monoisotopic (exact) mass is 310 g/mol. The minimum atomic E-state index is -0.516. The van der Waals surface area contributed by atoms with Crippen LogP contribution < -0.4 is 0 Å². The number of rotatable bonds is 3. The summed E-state index contributed by atoms with van der Waals surface area (Å²) in [5, 5.41) is 10.4. The molecule has 1 aromatic carbocycles. The van der Waals surface area contributed by atoms with Gasteiger partial charge < -0.3 is 5.11 Å². The molecule has 0 aliphatic carbocycles. The van der Waals surface area contributed by atoms with Gasteiger partial charge in [0.1, 0.15) is 6.10 Å². The molecule has 1 nitrogen and oxygen atoms in total. The van der Waals surface area contributed by atoms with Crippen LogP contribution in [0.25, 0.3) is 0 Å². The Hall–Kier alpha value is -0.640. The van der Waals surface area contributed by atoms with Crippen LogP contribution in [-0.4, -0.2) is 5.11 Å². The number of hydrogen-bond acceptors (Lipinski definition) is 2. The van der Waals surface area contributed by atoms with E-state index in [-0.39, 0.29) is 0 Å². The van der Waals surface area contributed by atoms with Crippen molar-refractivity contribution in [3.63, 3.8) is 0 Å². The number of aryl methyl sites for hydroxylation is 2. The van der Waals surface area contributed by atoms with Crippen LogP contribution in [-0.2, 0) is 6.42 Å². The zero-order chi connectivity index (χ0) is 12.4. The molecule has 1 atom stereocenters. The summed E-state index contributed by atoms with van der Waals surface area (Å²) in [7, 11) is 0. The van der Waals surface area contributed by atoms with Crippen molar-refractivity contribution < 1.29 is 5.11 Å². The predicted octanol–water partition coefficient (Wildman–Crippen LogP) is 4.46. The third kappa shape index (κ3) is 2.79. The summed E-state index contributed by atoms with van der Waals surface area (Å²) in [5.74, 6) is 0. The quantitative estimate of drug-likeness (QED) is 0.887. The summed E-state index contributed by atoms with van der Waals surface area (Å²) in [5.41, 5.74) is 2.09. The molecule has 2 aromatic rings. The van der Waals surface area contributed by atoms with Gasteiger partial charge >= 0.3 is 0 Å². The van der Waals surface area contributed by atoms with Crippen molar-refractivity contribution in [2.24, 2.45) is 0 Å². The Morgan fingerprint density at radius 1 is 1.29 bits per heavy atom. The van der Waals surface area contributed by atoms with Crippen LogP contribution in [0.5, 0.6) is 0 Å². The molecule has 3 heteroatoms. The summed E-state index contributed by atoms with van der Waals surface area (Å²) in [4.78, 5) is 2.33. The molecule has 0 radical (unpaired) electrons. The van der Waals surface area contributed by atoms with Gasteiger partial charge in [0, 0.05) is 14.2 Å². The molecule has 0 saturated carbocycles. The van der Waals surface area contributed by atoms with Crippen molar-refractivity contribution in [3.05, 3.63) is 55.7 Å². The molecular formula is C14H15BrOS. The fourth-order valence-electron chi connectivity index (χ4n) is 1.79. The maximum atomic E-state index is 10.4. The van der Waals surface area contributed by atoms with Crippen LogP contribution in [0.15, 0.2) is 34.8 Å². The van der Waals surface area contributed by atoms with Gasteiger partial charge in [-0.05, 0) is 48.7 Å². The van der Waals surface area contributed by atoms with E-state index in [4.69, 9.17) is 0 Å². The number of halogens is 1. The van der Waals surface area contributed by atoms with E-state index >= 15 is 0 Å². The second-order valence-electron chi connectivity index (χ2n) is 4.06. The Labute approximate surface area is 114 Å². The van der Waals surface area contributed by atoms with Crippen molar-refractivity contribution in [2.45, 2.75) is 26.4 Å².